The fourth-order valence-electron chi connectivity index (χ4n) is 3.35. The summed E-state index contributed by atoms with van der Waals surface area (Å²) in [6.07, 6.45) is 1.66. The predicted molar refractivity (Wildman–Crippen MR) is 149 cm³/mol. The molecule has 1 saturated heterocycles. The molecule has 186 valence electrons. The van der Waals surface area contributed by atoms with E-state index in [1.807, 2.05) is 30.3 Å². The van der Waals surface area contributed by atoms with Gasteiger partial charge in [-0.05, 0) is 81.3 Å². The van der Waals surface area contributed by atoms with Crippen LogP contribution in [0.5, 0.6) is 17.2 Å². The first-order valence-electron chi connectivity index (χ1n) is 10.7. The van der Waals surface area contributed by atoms with Crippen molar-refractivity contribution in [2.45, 2.75) is 6.61 Å². The quantitative estimate of drug-likeness (QED) is 0.222. The summed E-state index contributed by atoms with van der Waals surface area (Å²) in [6, 6.07) is 18.4. The van der Waals surface area contributed by atoms with Crippen LogP contribution in [0.2, 0.25) is 5.02 Å². The van der Waals surface area contributed by atoms with Crippen molar-refractivity contribution in [2.75, 3.05) is 20.3 Å². The molecule has 0 saturated carbocycles. The molecule has 1 aliphatic rings. The number of benzene rings is 3. The molecule has 0 atom stereocenters. The van der Waals surface area contributed by atoms with Gasteiger partial charge in [0.05, 0.1) is 28.1 Å². The topological polar surface area (TPSA) is 65.1 Å². The van der Waals surface area contributed by atoms with Crippen molar-refractivity contribution < 1.29 is 23.8 Å². The van der Waals surface area contributed by atoms with Crippen molar-refractivity contribution in [1.29, 1.82) is 0 Å². The second kappa shape index (κ2) is 12.2. The van der Waals surface area contributed by atoms with Gasteiger partial charge in [-0.25, -0.2) is 0 Å². The molecule has 3 aromatic rings. The van der Waals surface area contributed by atoms with Crippen LogP contribution in [0.3, 0.4) is 0 Å². The average Bonchev–Trinajstić information content (AvgIpc) is 3.12. The molecule has 1 fully saturated rings. The number of ether oxygens (including phenoxy) is 3. The minimum Gasteiger partial charge on any atom is -0.493 e. The first-order chi connectivity index (χ1) is 17.4. The van der Waals surface area contributed by atoms with E-state index in [0.717, 1.165) is 26.7 Å². The fraction of sp³-hybridized carbons (Fsp3) is 0.154. The number of methoxy groups -OCH3 is 1. The molecule has 0 unspecified atom stereocenters. The lowest BCUT2D eigenvalue weighted by molar-refractivity contribution is -0.123. The summed E-state index contributed by atoms with van der Waals surface area (Å²) in [5, 5.41) is 0.116. The van der Waals surface area contributed by atoms with E-state index in [0.29, 0.717) is 43.8 Å². The summed E-state index contributed by atoms with van der Waals surface area (Å²) in [4.78, 5) is 26.8. The number of thioether (sulfide) groups is 1. The van der Waals surface area contributed by atoms with E-state index in [9.17, 15) is 9.59 Å². The van der Waals surface area contributed by atoms with Crippen LogP contribution >= 0.6 is 55.2 Å². The van der Waals surface area contributed by atoms with Crippen LogP contribution in [0.4, 0.5) is 4.79 Å². The lowest BCUT2D eigenvalue weighted by Crippen LogP contribution is -2.32. The zero-order chi connectivity index (χ0) is 25.7. The van der Waals surface area contributed by atoms with E-state index in [1.165, 1.54) is 0 Å². The molecular formula is C26H20Br2ClNO5S. The smallest absolute Gasteiger partial charge is 0.293 e. The number of para-hydroxylation sites is 1. The maximum atomic E-state index is 12.9. The molecule has 0 bridgehead atoms. The van der Waals surface area contributed by atoms with Gasteiger partial charge in [-0.1, -0.05) is 51.8 Å². The summed E-state index contributed by atoms with van der Waals surface area (Å²) >= 11 is 13.9. The van der Waals surface area contributed by atoms with Crippen LogP contribution in [-0.4, -0.2) is 36.3 Å². The lowest BCUT2D eigenvalue weighted by atomic mass is 10.1. The summed E-state index contributed by atoms with van der Waals surface area (Å²) in [5.74, 6) is 1.17. The molecule has 0 aliphatic carbocycles. The number of hydrogen-bond donors (Lipinski definition) is 0. The van der Waals surface area contributed by atoms with Crippen LogP contribution in [-0.2, 0) is 11.4 Å². The zero-order valence-electron chi connectivity index (χ0n) is 19.0. The SMILES string of the molecule is COc1cc(/C=C2\SC(=O)N(CCOc3ccccc3Cl)C2=O)cc(Br)c1OCc1ccc(Br)cc1. The second-order valence-electron chi connectivity index (χ2n) is 7.56. The summed E-state index contributed by atoms with van der Waals surface area (Å²) in [6.45, 7) is 0.610. The van der Waals surface area contributed by atoms with Crippen LogP contribution in [0.1, 0.15) is 11.1 Å². The largest absolute Gasteiger partial charge is 0.493 e. The normalized spacial score (nSPS) is 14.4. The van der Waals surface area contributed by atoms with E-state index in [4.69, 9.17) is 25.8 Å². The molecule has 0 spiro atoms. The maximum absolute atomic E-state index is 12.9. The van der Waals surface area contributed by atoms with Crippen molar-refractivity contribution in [1.82, 2.24) is 4.90 Å². The first kappa shape index (κ1) is 26.6. The third-order valence-electron chi connectivity index (χ3n) is 5.13. The Balaban J connectivity index is 1.44. The van der Waals surface area contributed by atoms with E-state index in [1.54, 1.807) is 43.5 Å². The Morgan fingerprint density at radius 2 is 1.75 bits per heavy atom. The Bertz CT molecular complexity index is 1320. The van der Waals surface area contributed by atoms with Gasteiger partial charge in [0.2, 0.25) is 0 Å². The number of nitrogens with zero attached hydrogens (tertiary/aromatic N) is 1. The number of rotatable bonds is 9. The molecule has 4 rings (SSSR count). The number of imide groups is 1. The van der Waals surface area contributed by atoms with Crippen molar-refractivity contribution in [3.8, 4) is 17.2 Å². The number of halogens is 3. The molecule has 0 radical (unpaired) electrons. The van der Waals surface area contributed by atoms with E-state index < -0.39 is 0 Å². The molecule has 2 amide bonds. The molecule has 6 nitrogen and oxygen atoms in total. The number of amides is 2. The number of carbonyl (C=O) groups is 2. The van der Waals surface area contributed by atoms with Crippen molar-refractivity contribution in [3.05, 3.63) is 90.7 Å². The molecule has 36 heavy (non-hydrogen) atoms. The second-order valence-corrected chi connectivity index (χ2v) is 10.7. The van der Waals surface area contributed by atoms with Crippen molar-refractivity contribution in [3.63, 3.8) is 0 Å². The molecule has 0 N–H and O–H groups in total. The Hall–Kier alpha value is -2.46. The minimum atomic E-state index is -0.376. The molecule has 1 heterocycles. The lowest BCUT2D eigenvalue weighted by Gasteiger charge is -2.14. The van der Waals surface area contributed by atoms with Crippen LogP contribution < -0.4 is 14.2 Å². The van der Waals surface area contributed by atoms with E-state index >= 15 is 0 Å². The molecule has 3 aromatic carbocycles. The molecule has 1 aliphatic heterocycles. The van der Waals surface area contributed by atoms with Gasteiger partial charge in [-0.3, -0.25) is 14.5 Å². The third-order valence-corrected chi connectivity index (χ3v) is 7.47. The Labute approximate surface area is 234 Å². The standard InChI is InChI=1S/C26H20Br2ClNO5S/c1-33-22-13-17(12-19(28)24(22)35-15-16-6-8-18(27)9-7-16)14-23-25(31)30(26(32)36-23)10-11-34-21-5-3-2-4-20(21)29/h2-9,12-14H,10-11,15H2,1H3/b23-14-. The predicted octanol–water partition coefficient (Wildman–Crippen LogP) is 7.57. The molecule has 10 heteroatoms. The minimum absolute atomic E-state index is 0.114. The van der Waals surface area contributed by atoms with Gasteiger partial charge in [0.1, 0.15) is 19.0 Å². The molecular weight excluding hydrogens is 634 g/mol. The van der Waals surface area contributed by atoms with Crippen molar-refractivity contribution >= 4 is 72.4 Å². The average molecular weight is 654 g/mol. The Morgan fingerprint density at radius 1 is 1.00 bits per heavy atom. The summed E-state index contributed by atoms with van der Waals surface area (Å²) < 4.78 is 18.8. The summed E-state index contributed by atoms with van der Waals surface area (Å²) in [5.41, 5.74) is 1.69. The van der Waals surface area contributed by atoms with Crippen LogP contribution in [0, 0.1) is 0 Å². The Kier molecular flexibility index (Phi) is 9.00. The van der Waals surface area contributed by atoms with Crippen LogP contribution in [0.15, 0.2) is 74.5 Å². The molecule has 0 aromatic heterocycles. The number of hydrogen-bond acceptors (Lipinski definition) is 6. The van der Waals surface area contributed by atoms with Gasteiger partial charge in [0.25, 0.3) is 11.1 Å². The van der Waals surface area contributed by atoms with E-state index in [2.05, 4.69) is 31.9 Å². The Morgan fingerprint density at radius 3 is 2.47 bits per heavy atom. The monoisotopic (exact) mass is 651 g/mol. The number of carbonyl (C=O) groups excluding carboxylic acids is 2. The first-order valence-corrected chi connectivity index (χ1v) is 13.5. The van der Waals surface area contributed by atoms with Gasteiger partial charge in [-0.15, -0.1) is 0 Å². The third kappa shape index (κ3) is 6.45. The highest BCUT2D eigenvalue weighted by atomic mass is 79.9. The van der Waals surface area contributed by atoms with Gasteiger partial charge in [0, 0.05) is 4.47 Å². The van der Waals surface area contributed by atoms with Gasteiger partial charge in [-0.2, -0.15) is 0 Å². The van der Waals surface area contributed by atoms with Crippen molar-refractivity contribution in [2.24, 2.45) is 0 Å². The highest BCUT2D eigenvalue weighted by Crippen LogP contribution is 2.39. The van der Waals surface area contributed by atoms with Gasteiger partial charge < -0.3 is 14.2 Å². The zero-order valence-corrected chi connectivity index (χ0v) is 23.7. The maximum Gasteiger partial charge on any atom is 0.293 e. The summed E-state index contributed by atoms with van der Waals surface area (Å²) in [7, 11) is 1.55. The van der Waals surface area contributed by atoms with Gasteiger partial charge in [0.15, 0.2) is 11.5 Å². The van der Waals surface area contributed by atoms with Gasteiger partial charge >= 0.3 is 0 Å². The highest BCUT2D eigenvalue weighted by Gasteiger charge is 2.35. The van der Waals surface area contributed by atoms with E-state index in [-0.39, 0.29) is 24.3 Å². The fourth-order valence-corrected chi connectivity index (χ4v) is 5.25. The van der Waals surface area contributed by atoms with Crippen LogP contribution in [0.25, 0.3) is 6.08 Å². The highest BCUT2D eigenvalue weighted by molar-refractivity contribution is 9.10.